The van der Waals surface area contributed by atoms with Gasteiger partial charge in [-0.05, 0) is 39.8 Å². The molecule has 0 radical (unpaired) electrons. The maximum Gasteiger partial charge on any atom is 0.107 e. The number of rotatable bonds is 1. The highest BCUT2D eigenvalue weighted by Crippen LogP contribution is 2.32. The molecule has 94 valence electrons. The van der Waals surface area contributed by atoms with Crippen molar-refractivity contribution in [3.63, 3.8) is 0 Å². The Morgan fingerprint density at radius 3 is 2.31 bits per heavy atom. The highest BCUT2D eigenvalue weighted by atomic mass is 16.5. The monoisotopic (exact) mass is 226 g/mol. The van der Waals surface area contributed by atoms with Crippen LogP contribution >= 0.6 is 0 Å². The Morgan fingerprint density at radius 1 is 1.50 bits per heavy atom. The van der Waals surface area contributed by atoms with Gasteiger partial charge in [-0.2, -0.15) is 0 Å². The maximum atomic E-state index is 6.08. The van der Waals surface area contributed by atoms with Gasteiger partial charge in [-0.3, -0.25) is 0 Å². The molecule has 0 amide bonds. The molecule has 0 aromatic carbocycles. The molecular weight excluding hydrogens is 200 g/mol. The highest BCUT2D eigenvalue weighted by Gasteiger charge is 2.36. The van der Waals surface area contributed by atoms with Gasteiger partial charge in [0, 0.05) is 12.2 Å². The molecule has 1 aliphatic heterocycles. The number of allylic oxidation sites excluding steroid dienone is 1. The molecule has 2 N–H and O–H groups in total. The van der Waals surface area contributed by atoms with Crippen LogP contribution in [0.15, 0.2) is 11.3 Å². The molecule has 1 unspecified atom stereocenters. The second-order valence-corrected chi connectivity index (χ2v) is 4.70. The molecule has 16 heavy (non-hydrogen) atoms. The molecule has 0 bridgehead atoms. The van der Waals surface area contributed by atoms with E-state index in [1.807, 2.05) is 0 Å². The first kappa shape index (κ1) is 15.2. The van der Waals surface area contributed by atoms with Crippen molar-refractivity contribution in [2.24, 2.45) is 5.92 Å². The Balaban J connectivity index is 0.000000673. The Labute approximate surface area is 99.8 Å². The van der Waals surface area contributed by atoms with E-state index in [0.717, 1.165) is 13.2 Å². The molecule has 1 fully saturated rings. The van der Waals surface area contributed by atoms with Crippen LogP contribution in [0, 0.1) is 11.3 Å². The van der Waals surface area contributed by atoms with Crippen molar-refractivity contribution in [3.8, 4) is 0 Å². The predicted octanol–water partition coefficient (Wildman–Crippen LogP) is 2.97. The first-order valence-electron chi connectivity index (χ1n) is 5.91. The van der Waals surface area contributed by atoms with Crippen LogP contribution in [0.5, 0.6) is 0 Å². The fourth-order valence-corrected chi connectivity index (χ4v) is 1.82. The number of nitrogens with one attached hydrogen (secondary N) is 2. The molecule has 3 nitrogen and oxygen atoms in total. The first-order valence-corrected chi connectivity index (χ1v) is 5.91. The minimum absolute atomic E-state index is 0.114. The molecule has 0 aromatic heterocycles. The van der Waals surface area contributed by atoms with Crippen LogP contribution in [0.2, 0.25) is 0 Å². The van der Waals surface area contributed by atoms with E-state index in [2.05, 4.69) is 39.9 Å². The maximum absolute atomic E-state index is 6.08. The molecular formula is C13H26N2O. The summed E-state index contributed by atoms with van der Waals surface area (Å²) in [6, 6.07) is 0. The first-order chi connectivity index (χ1) is 7.40. The third-order valence-corrected chi connectivity index (χ3v) is 2.90. The minimum atomic E-state index is -0.114. The van der Waals surface area contributed by atoms with E-state index < -0.39 is 0 Å². The summed E-state index contributed by atoms with van der Waals surface area (Å²) in [5, 5.41) is 9.53. The van der Waals surface area contributed by atoms with E-state index in [0.29, 0.717) is 5.92 Å². The summed E-state index contributed by atoms with van der Waals surface area (Å²) in [6.07, 6.45) is 1.25. The number of hydrogen-bond donors (Lipinski definition) is 2. The van der Waals surface area contributed by atoms with Crippen molar-refractivity contribution in [2.75, 3.05) is 13.2 Å². The topological polar surface area (TPSA) is 45.1 Å². The normalized spacial score (nSPS) is 24.3. The smallest absolute Gasteiger partial charge is 0.107 e. The Morgan fingerprint density at radius 2 is 2.00 bits per heavy atom. The summed E-state index contributed by atoms with van der Waals surface area (Å²) < 4.78 is 5.88. The molecule has 0 aliphatic carbocycles. The van der Waals surface area contributed by atoms with E-state index in [9.17, 15) is 0 Å². The van der Waals surface area contributed by atoms with Gasteiger partial charge >= 0.3 is 0 Å². The lowest BCUT2D eigenvalue weighted by molar-refractivity contribution is -0.0572. The standard InChI is InChI=1S/C11H21NO.C2H5N/c1-8(2)10-11(5,9(3)4)13-7-6-12-10;1-2-3/h9,12H,6-7H2,1-5H3;2-3H,1H3. The second kappa shape index (κ2) is 6.69. The summed E-state index contributed by atoms with van der Waals surface area (Å²) >= 11 is 0. The molecule has 1 aliphatic rings. The lowest BCUT2D eigenvalue weighted by Gasteiger charge is -2.41. The van der Waals surface area contributed by atoms with Crippen molar-refractivity contribution in [1.29, 1.82) is 5.41 Å². The number of morpholine rings is 1. The van der Waals surface area contributed by atoms with Crippen molar-refractivity contribution < 1.29 is 4.74 Å². The summed E-state index contributed by atoms with van der Waals surface area (Å²) in [7, 11) is 0. The summed E-state index contributed by atoms with van der Waals surface area (Å²) in [5.41, 5.74) is 2.49. The fourth-order valence-electron chi connectivity index (χ4n) is 1.82. The van der Waals surface area contributed by atoms with Crippen LogP contribution in [-0.2, 0) is 4.74 Å². The molecule has 1 heterocycles. The SMILES string of the molecule is CC(C)=C1NCCOC1(C)C(C)C.CC=N. The van der Waals surface area contributed by atoms with Gasteiger partial charge in [0.1, 0.15) is 5.60 Å². The average molecular weight is 226 g/mol. The average Bonchev–Trinajstić information content (AvgIpc) is 2.18. The molecule has 1 atom stereocenters. The third-order valence-electron chi connectivity index (χ3n) is 2.90. The van der Waals surface area contributed by atoms with Crippen LogP contribution in [-0.4, -0.2) is 25.0 Å². The Hall–Kier alpha value is -0.830. The van der Waals surface area contributed by atoms with Gasteiger partial charge in [0.25, 0.3) is 0 Å². The Kier molecular flexibility index (Phi) is 6.34. The van der Waals surface area contributed by atoms with E-state index in [1.165, 1.54) is 17.5 Å². The lowest BCUT2D eigenvalue weighted by atomic mass is 9.86. The van der Waals surface area contributed by atoms with Crippen molar-refractivity contribution in [1.82, 2.24) is 5.32 Å². The zero-order chi connectivity index (χ0) is 12.8. The molecule has 0 spiro atoms. The van der Waals surface area contributed by atoms with Crippen LogP contribution in [0.4, 0.5) is 0 Å². The van der Waals surface area contributed by atoms with Crippen molar-refractivity contribution >= 4 is 6.21 Å². The molecule has 1 saturated heterocycles. The van der Waals surface area contributed by atoms with Gasteiger partial charge < -0.3 is 15.5 Å². The van der Waals surface area contributed by atoms with E-state index in [1.54, 1.807) is 6.92 Å². The van der Waals surface area contributed by atoms with Gasteiger partial charge in [-0.25, -0.2) is 0 Å². The zero-order valence-corrected chi connectivity index (χ0v) is 11.5. The van der Waals surface area contributed by atoms with Crippen LogP contribution < -0.4 is 5.32 Å². The van der Waals surface area contributed by atoms with E-state index >= 15 is 0 Å². The summed E-state index contributed by atoms with van der Waals surface area (Å²) in [5.74, 6) is 0.505. The summed E-state index contributed by atoms with van der Waals surface area (Å²) in [4.78, 5) is 0. The van der Waals surface area contributed by atoms with Gasteiger partial charge in [0.2, 0.25) is 0 Å². The van der Waals surface area contributed by atoms with Gasteiger partial charge in [0.15, 0.2) is 0 Å². The Bertz CT molecular complexity index is 255. The second-order valence-electron chi connectivity index (χ2n) is 4.70. The molecule has 0 saturated carbocycles. The zero-order valence-electron chi connectivity index (χ0n) is 11.5. The van der Waals surface area contributed by atoms with Crippen molar-refractivity contribution in [2.45, 2.75) is 47.1 Å². The molecule has 1 rings (SSSR count). The molecule has 3 heteroatoms. The van der Waals surface area contributed by atoms with E-state index in [4.69, 9.17) is 10.1 Å². The van der Waals surface area contributed by atoms with Crippen molar-refractivity contribution in [3.05, 3.63) is 11.3 Å². The fraction of sp³-hybridized carbons (Fsp3) is 0.769. The number of ether oxygens (including phenoxy) is 1. The largest absolute Gasteiger partial charge is 0.384 e. The predicted molar refractivity (Wildman–Crippen MR) is 70.0 cm³/mol. The van der Waals surface area contributed by atoms with Gasteiger partial charge in [-0.15, -0.1) is 0 Å². The van der Waals surface area contributed by atoms with Gasteiger partial charge in [-0.1, -0.05) is 19.4 Å². The van der Waals surface area contributed by atoms with Crippen LogP contribution in [0.1, 0.15) is 41.5 Å². The molecule has 0 aromatic rings. The number of hydrogen-bond acceptors (Lipinski definition) is 3. The highest BCUT2D eigenvalue weighted by molar-refractivity contribution is 5.48. The summed E-state index contributed by atoms with van der Waals surface area (Å²) in [6.45, 7) is 14.3. The van der Waals surface area contributed by atoms with Crippen LogP contribution in [0.3, 0.4) is 0 Å². The van der Waals surface area contributed by atoms with E-state index in [-0.39, 0.29) is 5.60 Å². The van der Waals surface area contributed by atoms with Gasteiger partial charge in [0.05, 0.1) is 6.61 Å². The quantitative estimate of drug-likeness (QED) is 0.675. The lowest BCUT2D eigenvalue weighted by Crippen LogP contribution is -2.49. The van der Waals surface area contributed by atoms with Crippen LogP contribution in [0.25, 0.3) is 0 Å². The minimum Gasteiger partial charge on any atom is -0.384 e. The third kappa shape index (κ3) is 3.63.